The van der Waals surface area contributed by atoms with E-state index < -0.39 is 18.0 Å². The van der Waals surface area contributed by atoms with Gasteiger partial charge in [0.2, 0.25) is 0 Å². The molecule has 2 N–H and O–H groups in total. The molecule has 1 rings (SSSR count). The molecule has 0 aromatic heterocycles. The molecule has 1 unspecified atom stereocenters. The lowest BCUT2D eigenvalue weighted by atomic mass is 10.2. The highest BCUT2D eigenvalue weighted by Crippen LogP contribution is 2.17. The highest BCUT2D eigenvalue weighted by molar-refractivity contribution is 14.1. The van der Waals surface area contributed by atoms with E-state index in [0.29, 0.717) is 5.69 Å². The van der Waals surface area contributed by atoms with E-state index in [-0.39, 0.29) is 0 Å². The van der Waals surface area contributed by atoms with E-state index in [1.165, 1.54) is 14.0 Å². The van der Waals surface area contributed by atoms with Gasteiger partial charge in [-0.2, -0.15) is 0 Å². The van der Waals surface area contributed by atoms with Crippen molar-refractivity contribution in [3.8, 4) is 0 Å². The van der Waals surface area contributed by atoms with Gasteiger partial charge in [-0.15, -0.1) is 0 Å². The second-order valence-corrected chi connectivity index (χ2v) is 5.18. The first-order valence-electron chi connectivity index (χ1n) is 5.35. The summed E-state index contributed by atoms with van der Waals surface area (Å²) in [7, 11) is 1.45. The van der Waals surface area contributed by atoms with E-state index >= 15 is 0 Å². The van der Waals surface area contributed by atoms with Crippen molar-refractivity contribution in [1.82, 2.24) is 4.90 Å². The van der Waals surface area contributed by atoms with E-state index in [0.717, 1.165) is 14.0 Å². The van der Waals surface area contributed by atoms with Crippen LogP contribution in [0.3, 0.4) is 0 Å². The van der Waals surface area contributed by atoms with E-state index in [1.54, 1.807) is 6.07 Å². The van der Waals surface area contributed by atoms with Crippen molar-refractivity contribution in [2.45, 2.75) is 19.9 Å². The van der Waals surface area contributed by atoms with Crippen LogP contribution in [0.1, 0.15) is 12.5 Å². The first-order valence-corrected chi connectivity index (χ1v) is 6.43. The van der Waals surface area contributed by atoms with Gasteiger partial charge in [-0.05, 0) is 54.1 Å². The molecule has 0 fully saturated rings. The fourth-order valence-electron chi connectivity index (χ4n) is 1.22. The normalized spacial score (nSPS) is 11.8. The molecular formula is C12H15IN2O3. The van der Waals surface area contributed by atoms with Gasteiger partial charge in [0.05, 0.1) is 0 Å². The molecule has 0 bridgehead atoms. The summed E-state index contributed by atoms with van der Waals surface area (Å²) < 4.78 is 1.04. The van der Waals surface area contributed by atoms with Crippen LogP contribution in [-0.2, 0) is 4.79 Å². The molecule has 2 amide bonds. The number of nitrogens with zero attached hydrogens (tertiary/aromatic N) is 1. The van der Waals surface area contributed by atoms with Gasteiger partial charge >= 0.3 is 12.0 Å². The van der Waals surface area contributed by atoms with Crippen LogP contribution in [0.5, 0.6) is 0 Å². The van der Waals surface area contributed by atoms with Gasteiger partial charge in [0.25, 0.3) is 0 Å². The molecule has 5 nitrogen and oxygen atoms in total. The number of anilines is 1. The highest BCUT2D eigenvalue weighted by atomic mass is 127. The Hall–Kier alpha value is -1.31. The fourth-order valence-corrected chi connectivity index (χ4v) is 1.74. The molecule has 0 saturated heterocycles. The Bertz CT molecular complexity index is 476. The van der Waals surface area contributed by atoms with Crippen LogP contribution >= 0.6 is 22.6 Å². The summed E-state index contributed by atoms with van der Waals surface area (Å²) in [6.45, 7) is 3.44. The molecular weight excluding hydrogens is 347 g/mol. The van der Waals surface area contributed by atoms with Crippen LogP contribution in [0.2, 0.25) is 0 Å². The number of aryl methyl sites for hydroxylation is 1. The van der Waals surface area contributed by atoms with Crippen LogP contribution in [0.25, 0.3) is 0 Å². The summed E-state index contributed by atoms with van der Waals surface area (Å²) in [5.74, 6) is -1.04. The molecule has 0 radical (unpaired) electrons. The number of benzene rings is 1. The third kappa shape index (κ3) is 3.59. The summed E-state index contributed by atoms with van der Waals surface area (Å²) in [5.41, 5.74) is 1.78. The molecule has 6 heteroatoms. The van der Waals surface area contributed by atoms with Crippen molar-refractivity contribution in [1.29, 1.82) is 0 Å². The fraction of sp³-hybridized carbons (Fsp3) is 0.333. The standard InChI is InChI=1S/C12H15IN2O3/c1-7-4-5-9(6-10(7)13)14-12(18)15(3)8(2)11(16)17/h4-6,8H,1-3H3,(H,14,18)(H,16,17). The zero-order valence-electron chi connectivity index (χ0n) is 10.4. The maximum absolute atomic E-state index is 11.8. The van der Waals surface area contributed by atoms with E-state index in [4.69, 9.17) is 5.11 Å². The molecule has 0 spiro atoms. The molecule has 0 heterocycles. The Morgan fingerprint density at radius 1 is 1.44 bits per heavy atom. The largest absolute Gasteiger partial charge is 0.480 e. The number of carboxylic acids is 1. The van der Waals surface area contributed by atoms with E-state index in [9.17, 15) is 9.59 Å². The van der Waals surface area contributed by atoms with E-state index in [2.05, 4.69) is 27.9 Å². The van der Waals surface area contributed by atoms with Crippen LogP contribution in [0.4, 0.5) is 10.5 Å². The van der Waals surface area contributed by atoms with Gasteiger partial charge in [0.15, 0.2) is 0 Å². The second-order valence-electron chi connectivity index (χ2n) is 4.02. The predicted molar refractivity (Wildman–Crippen MR) is 77.8 cm³/mol. The summed E-state index contributed by atoms with van der Waals surface area (Å²) in [6, 6.07) is 4.22. The van der Waals surface area contributed by atoms with Crippen LogP contribution < -0.4 is 5.32 Å². The Morgan fingerprint density at radius 2 is 2.06 bits per heavy atom. The number of halogens is 1. The van der Waals surface area contributed by atoms with Crippen molar-refractivity contribution < 1.29 is 14.7 Å². The van der Waals surface area contributed by atoms with Crippen molar-refractivity contribution >= 4 is 40.3 Å². The summed E-state index contributed by atoms with van der Waals surface area (Å²) in [5, 5.41) is 11.5. The maximum atomic E-state index is 11.8. The van der Waals surface area contributed by atoms with Crippen LogP contribution in [0, 0.1) is 10.5 Å². The van der Waals surface area contributed by atoms with Crippen molar-refractivity contribution in [2.24, 2.45) is 0 Å². The minimum absolute atomic E-state index is 0.440. The van der Waals surface area contributed by atoms with Gasteiger partial charge < -0.3 is 15.3 Å². The topological polar surface area (TPSA) is 69.6 Å². The zero-order chi connectivity index (χ0) is 13.9. The lowest BCUT2D eigenvalue weighted by Crippen LogP contribution is -2.42. The highest BCUT2D eigenvalue weighted by Gasteiger charge is 2.21. The maximum Gasteiger partial charge on any atom is 0.326 e. The third-order valence-electron chi connectivity index (χ3n) is 2.68. The Labute approximate surface area is 119 Å². The van der Waals surface area contributed by atoms with Gasteiger partial charge in [-0.1, -0.05) is 6.07 Å². The molecule has 98 valence electrons. The number of rotatable bonds is 3. The van der Waals surface area contributed by atoms with Gasteiger partial charge in [0.1, 0.15) is 6.04 Å². The second kappa shape index (κ2) is 6.03. The molecule has 1 aromatic rings. The minimum Gasteiger partial charge on any atom is -0.480 e. The molecule has 0 aliphatic rings. The molecule has 1 aromatic carbocycles. The van der Waals surface area contributed by atoms with Gasteiger partial charge in [0, 0.05) is 16.3 Å². The van der Waals surface area contributed by atoms with E-state index in [1.807, 2.05) is 19.1 Å². The SMILES string of the molecule is Cc1ccc(NC(=O)N(C)C(C)C(=O)O)cc1I. The monoisotopic (exact) mass is 362 g/mol. The number of carbonyl (C=O) groups is 2. The van der Waals surface area contributed by atoms with Crippen LogP contribution in [-0.4, -0.2) is 35.1 Å². The lowest BCUT2D eigenvalue weighted by Gasteiger charge is -2.22. The number of aliphatic carboxylic acids is 1. The number of urea groups is 1. The number of nitrogens with one attached hydrogen (secondary N) is 1. The third-order valence-corrected chi connectivity index (χ3v) is 3.84. The first kappa shape index (κ1) is 14.7. The minimum atomic E-state index is -1.04. The van der Waals surface area contributed by atoms with Gasteiger partial charge in [-0.3, -0.25) is 0 Å². The van der Waals surface area contributed by atoms with Crippen molar-refractivity contribution in [3.63, 3.8) is 0 Å². The zero-order valence-corrected chi connectivity index (χ0v) is 12.6. The number of carbonyl (C=O) groups excluding carboxylic acids is 1. The molecule has 0 aliphatic carbocycles. The average molecular weight is 362 g/mol. The molecule has 0 aliphatic heterocycles. The Kier molecular flexibility index (Phi) is 4.94. The van der Waals surface area contributed by atoms with Crippen LogP contribution in [0.15, 0.2) is 18.2 Å². The summed E-state index contributed by atoms with van der Waals surface area (Å²) >= 11 is 2.18. The number of hydrogen-bond acceptors (Lipinski definition) is 2. The number of hydrogen-bond donors (Lipinski definition) is 2. The van der Waals surface area contributed by atoms with Gasteiger partial charge in [-0.25, -0.2) is 9.59 Å². The molecule has 0 saturated carbocycles. The Morgan fingerprint density at radius 3 is 2.56 bits per heavy atom. The quantitative estimate of drug-likeness (QED) is 0.812. The average Bonchev–Trinajstić information content (AvgIpc) is 2.31. The summed E-state index contributed by atoms with van der Waals surface area (Å²) in [4.78, 5) is 23.7. The predicted octanol–water partition coefficient (Wildman–Crippen LogP) is 2.54. The van der Waals surface area contributed by atoms with Crippen molar-refractivity contribution in [2.75, 3.05) is 12.4 Å². The van der Waals surface area contributed by atoms with Crippen molar-refractivity contribution in [3.05, 3.63) is 27.3 Å². The summed E-state index contributed by atoms with van der Waals surface area (Å²) in [6.07, 6.45) is 0. The molecule has 18 heavy (non-hydrogen) atoms. The first-order chi connectivity index (χ1) is 8.32. The molecule has 1 atom stereocenters. The Balaban J connectivity index is 2.75. The smallest absolute Gasteiger partial charge is 0.326 e. The number of amides is 2. The number of carboxylic acid groups (broad SMARTS) is 1. The number of likely N-dealkylation sites (N-methyl/N-ethyl adjacent to an activating group) is 1. The lowest BCUT2D eigenvalue weighted by molar-refractivity contribution is -0.141.